The molecule has 5 atom stereocenters. The number of carbonyl (C=O) groups excluding carboxylic acids is 1. The topological polar surface area (TPSA) is 151 Å². The van der Waals surface area contributed by atoms with Crippen LogP contribution in [0.2, 0.25) is 0 Å². The number of nitrogens with two attached hydrogens (primary N) is 1. The van der Waals surface area contributed by atoms with Gasteiger partial charge in [-0.3, -0.25) is 19.8 Å². The van der Waals surface area contributed by atoms with E-state index >= 15 is 0 Å². The Bertz CT molecular complexity index is 1770. The van der Waals surface area contributed by atoms with Crippen molar-refractivity contribution in [2.45, 2.75) is 50.4 Å². The third-order valence-electron chi connectivity index (χ3n) is 9.30. The predicted molar refractivity (Wildman–Crippen MR) is 146 cm³/mol. The molecule has 1 spiro atoms. The van der Waals surface area contributed by atoms with Crippen LogP contribution in [0.1, 0.15) is 47.6 Å². The van der Waals surface area contributed by atoms with E-state index in [0.29, 0.717) is 35.7 Å². The number of Topliss-reactive ketones (excluding diaryl/α,β-unsaturated/α-hetero) is 1. The van der Waals surface area contributed by atoms with E-state index in [1.54, 1.807) is 10.7 Å². The molecule has 2 saturated carbocycles. The number of aliphatic hydroxyl groups is 1. The molecule has 0 bridgehead atoms. The predicted octanol–water partition coefficient (Wildman–Crippen LogP) is 2.85. The number of H-pyrrole nitrogens is 1. The summed E-state index contributed by atoms with van der Waals surface area (Å²) in [4.78, 5) is 29.3. The van der Waals surface area contributed by atoms with Gasteiger partial charge in [0, 0.05) is 46.3 Å². The lowest BCUT2D eigenvalue weighted by Crippen LogP contribution is -2.88. The lowest BCUT2D eigenvalue weighted by molar-refractivity contribution is -0.328. The smallest absolute Gasteiger partial charge is 0.165 e. The molecule has 3 fully saturated rings. The average molecular weight is 534 g/mol. The second-order valence-electron chi connectivity index (χ2n) is 11.1. The minimum Gasteiger partial charge on any atom is -0.391 e. The van der Waals surface area contributed by atoms with Gasteiger partial charge in [-0.1, -0.05) is 36.4 Å². The number of benzene rings is 1. The summed E-state index contributed by atoms with van der Waals surface area (Å²) in [5.41, 5.74) is 11.8. The molecule has 11 nitrogen and oxygen atoms in total. The molecule has 4 aromatic heterocycles. The number of anilines is 1. The first-order valence-electron chi connectivity index (χ1n) is 13.5. The van der Waals surface area contributed by atoms with Gasteiger partial charge in [0.2, 0.25) is 0 Å². The summed E-state index contributed by atoms with van der Waals surface area (Å²) < 4.78 is 1.55. The first kappa shape index (κ1) is 23.4. The highest BCUT2D eigenvalue weighted by Crippen LogP contribution is 2.74. The Labute approximate surface area is 229 Å². The standard InChI is InChI=1S/C29H27N9O2/c1-15(39)24-25(19-9-22-29(19)10-21(40)26(29)37(22)13-23-32-14-33-36-23)35-28-18(12-34-38(28)27(24)30)17-7-8-20(31-11-17)16-5-3-2-4-6-16/h2-8,11-12,14,19,21-22,26,40H,9-10,13,30H2,1H3,(H,32,33,36). The number of ketones is 1. The first-order chi connectivity index (χ1) is 19.5. The van der Waals surface area contributed by atoms with Gasteiger partial charge in [0.25, 0.3) is 0 Å². The number of aromatic nitrogens is 7. The number of hydrogen-bond acceptors (Lipinski definition) is 9. The summed E-state index contributed by atoms with van der Waals surface area (Å²) in [5.74, 6) is 0.952. The van der Waals surface area contributed by atoms with Crippen LogP contribution in [0.4, 0.5) is 5.82 Å². The molecule has 5 heterocycles. The summed E-state index contributed by atoms with van der Waals surface area (Å²) in [6.45, 7) is 2.13. The van der Waals surface area contributed by atoms with E-state index in [9.17, 15) is 9.90 Å². The number of nitrogens with zero attached hydrogens (tertiary/aromatic N) is 7. The van der Waals surface area contributed by atoms with Crippen LogP contribution in [0.25, 0.3) is 28.0 Å². The second-order valence-corrected chi connectivity index (χ2v) is 11.1. The molecular formula is C29H27N9O2. The van der Waals surface area contributed by atoms with Gasteiger partial charge in [-0.25, -0.2) is 9.97 Å². The van der Waals surface area contributed by atoms with Gasteiger partial charge in [-0.15, -0.1) is 0 Å². The fourth-order valence-electron chi connectivity index (χ4n) is 7.53. The minimum atomic E-state index is -0.427. The maximum Gasteiger partial charge on any atom is 0.165 e. The van der Waals surface area contributed by atoms with E-state index in [-0.39, 0.29) is 29.2 Å². The molecule has 40 heavy (non-hydrogen) atoms. The summed E-state index contributed by atoms with van der Waals surface area (Å²) in [6.07, 6.45) is 6.13. The zero-order valence-electron chi connectivity index (χ0n) is 21.8. The molecule has 0 amide bonds. The van der Waals surface area contributed by atoms with Crippen LogP contribution >= 0.6 is 0 Å². The van der Waals surface area contributed by atoms with Gasteiger partial charge >= 0.3 is 0 Å². The van der Waals surface area contributed by atoms with Crippen molar-refractivity contribution in [3.8, 4) is 22.4 Å². The number of fused-ring (bicyclic) bond motifs is 1. The molecule has 5 unspecified atom stereocenters. The molecule has 1 aliphatic heterocycles. The van der Waals surface area contributed by atoms with Crippen LogP contribution < -0.4 is 5.73 Å². The second kappa shape index (κ2) is 8.26. The van der Waals surface area contributed by atoms with Crippen molar-refractivity contribution in [2.24, 2.45) is 5.41 Å². The van der Waals surface area contributed by atoms with Gasteiger partial charge in [0.15, 0.2) is 11.4 Å². The Morgan fingerprint density at radius 2 is 2.00 bits per heavy atom. The minimum absolute atomic E-state index is 0.0143. The summed E-state index contributed by atoms with van der Waals surface area (Å²) in [7, 11) is 0. The average Bonchev–Trinajstić information content (AvgIpc) is 3.61. The molecule has 0 radical (unpaired) electrons. The van der Waals surface area contributed by atoms with E-state index < -0.39 is 6.10 Å². The van der Waals surface area contributed by atoms with Crippen molar-refractivity contribution in [2.75, 3.05) is 5.73 Å². The maximum atomic E-state index is 12.9. The number of carbonyl (C=O) groups is 1. The molecule has 5 aromatic rings. The van der Waals surface area contributed by atoms with Gasteiger partial charge in [0.1, 0.15) is 18.0 Å². The quantitative estimate of drug-likeness (QED) is 0.280. The molecule has 8 rings (SSSR count). The third kappa shape index (κ3) is 3.01. The van der Waals surface area contributed by atoms with Crippen LogP contribution in [-0.4, -0.2) is 68.7 Å². The zero-order valence-corrected chi connectivity index (χ0v) is 21.8. The zero-order chi connectivity index (χ0) is 27.2. The maximum absolute atomic E-state index is 12.9. The summed E-state index contributed by atoms with van der Waals surface area (Å²) >= 11 is 0. The number of hydrogen-bond donors (Lipinski definition) is 3. The largest absolute Gasteiger partial charge is 0.391 e. The first-order valence-corrected chi connectivity index (χ1v) is 13.5. The number of nitrogen functional groups attached to an aromatic ring is 1. The van der Waals surface area contributed by atoms with Crippen molar-refractivity contribution < 1.29 is 9.90 Å². The fourth-order valence-corrected chi connectivity index (χ4v) is 7.53. The van der Waals surface area contributed by atoms with E-state index in [2.05, 4.69) is 30.2 Å². The van der Waals surface area contributed by atoms with Crippen LogP contribution in [-0.2, 0) is 6.54 Å². The molecule has 4 N–H and O–H groups in total. The normalized spacial score (nSPS) is 26.9. The highest BCUT2D eigenvalue weighted by molar-refractivity contribution is 6.00. The highest BCUT2D eigenvalue weighted by atomic mass is 16.3. The van der Waals surface area contributed by atoms with Crippen molar-refractivity contribution in [3.05, 3.63) is 78.3 Å². The number of piperidine rings is 2. The molecule has 200 valence electrons. The fraction of sp³-hybridized carbons (Fsp3) is 0.310. The number of aromatic amines is 1. The van der Waals surface area contributed by atoms with Gasteiger partial charge < -0.3 is 10.8 Å². The number of aliphatic hydroxyl groups excluding tert-OH is 1. The Kier molecular flexibility index (Phi) is 4.84. The summed E-state index contributed by atoms with van der Waals surface area (Å²) in [6, 6.07) is 14.3. The van der Waals surface area contributed by atoms with E-state index in [1.165, 1.54) is 13.3 Å². The number of likely N-dealkylation sites (tertiary alicyclic amines) is 1. The Morgan fingerprint density at radius 3 is 2.70 bits per heavy atom. The van der Waals surface area contributed by atoms with Crippen LogP contribution in [0, 0.1) is 5.41 Å². The Morgan fingerprint density at radius 1 is 1.15 bits per heavy atom. The molecule has 1 aromatic carbocycles. The monoisotopic (exact) mass is 533 g/mol. The molecule has 3 aliphatic rings. The van der Waals surface area contributed by atoms with E-state index in [0.717, 1.165) is 34.6 Å². The van der Waals surface area contributed by atoms with Gasteiger partial charge in [-0.2, -0.15) is 14.7 Å². The van der Waals surface area contributed by atoms with Gasteiger partial charge in [-0.05, 0) is 25.8 Å². The SMILES string of the molecule is CC(=O)c1c(C2CC3N(Cc4ncn[nH]4)C4C(O)CC234)nc2c(-c3ccc(-c4ccccc4)nc3)cnn2c1N. The lowest BCUT2D eigenvalue weighted by Gasteiger charge is -2.81. The number of pyridine rings is 1. The van der Waals surface area contributed by atoms with E-state index in [4.69, 9.17) is 10.7 Å². The van der Waals surface area contributed by atoms with Gasteiger partial charge in [0.05, 0.1) is 35.8 Å². The van der Waals surface area contributed by atoms with Crippen LogP contribution in [0.15, 0.2) is 61.2 Å². The molecule has 2 aliphatic carbocycles. The van der Waals surface area contributed by atoms with Crippen molar-refractivity contribution in [3.63, 3.8) is 0 Å². The summed E-state index contributed by atoms with van der Waals surface area (Å²) in [5, 5.41) is 22.2. The number of rotatable bonds is 6. The van der Waals surface area contributed by atoms with E-state index in [1.807, 2.05) is 48.7 Å². The Hall–Kier alpha value is -4.48. The third-order valence-corrected chi connectivity index (χ3v) is 9.30. The molecular weight excluding hydrogens is 506 g/mol. The number of nitrogens with one attached hydrogen (secondary N) is 1. The van der Waals surface area contributed by atoms with Crippen LogP contribution in [0.3, 0.4) is 0 Å². The van der Waals surface area contributed by atoms with Crippen molar-refractivity contribution in [1.82, 2.24) is 39.7 Å². The highest BCUT2D eigenvalue weighted by Gasteiger charge is 2.79. The molecule has 11 heteroatoms. The van der Waals surface area contributed by atoms with Crippen LogP contribution in [0.5, 0.6) is 0 Å². The van der Waals surface area contributed by atoms with Crippen molar-refractivity contribution >= 4 is 17.2 Å². The Balaban J connectivity index is 1.18. The van der Waals surface area contributed by atoms with Crippen molar-refractivity contribution in [1.29, 1.82) is 0 Å². The lowest BCUT2D eigenvalue weighted by atomic mass is 9.36. The molecule has 1 saturated heterocycles.